The summed E-state index contributed by atoms with van der Waals surface area (Å²) in [5.74, 6) is 0.872. The van der Waals surface area contributed by atoms with E-state index in [0.717, 1.165) is 12.2 Å². The van der Waals surface area contributed by atoms with Gasteiger partial charge in [0.15, 0.2) is 0 Å². The van der Waals surface area contributed by atoms with Gasteiger partial charge in [0.25, 0.3) is 0 Å². The topological polar surface area (TPSA) is 56.2 Å². The number of fused-ring (bicyclic) bond motifs is 1. The summed E-state index contributed by atoms with van der Waals surface area (Å²) in [5.41, 5.74) is 1.20. The molecular formula is C14H15N3O2. The molecule has 1 N–H and O–H groups in total. The molecule has 0 aliphatic carbocycles. The number of nitrogens with one attached hydrogen (secondary N) is 1. The van der Waals surface area contributed by atoms with Crippen molar-refractivity contribution in [3.8, 4) is 5.75 Å². The maximum atomic E-state index is 11.7. The van der Waals surface area contributed by atoms with E-state index < -0.39 is 0 Å². The maximum absolute atomic E-state index is 11.7. The van der Waals surface area contributed by atoms with E-state index >= 15 is 0 Å². The van der Waals surface area contributed by atoms with Crippen molar-refractivity contribution < 1.29 is 9.53 Å². The zero-order valence-electron chi connectivity index (χ0n) is 10.5. The molecule has 1 amide bonds. The van der Waals surface area contributed by atoms with Crippen LogP contribution in [0.1, 0.15) is 5.56 Å². The quantitative estimate of drug-likeness (QED) is 0.889. The summed E-state index contributed by atoms with van der Waals surface area (Å²) >= 11 is 0. The molecule has 0 saturated carbocycles. The molecule has 0 radical (unpaired) electrons. The number of aromatic nitrogens is 2. The van der Waals surface area contributed by atoms with Crippen molar-refractivity contribution in [2.75, 3.05) is 6.54 Å². The maximum Gasteiger partial charge on any atom is 0.241 e. The Morgan fingerprint density at radius 2 is 2.32 bits per heavy atom. The summed E-state index contributed by atoms with van der Waals surface area (Å²) in [6, 6.07) is 9.77. The lowest BCUT2D eigenvalue weighted by atomic mass is 10.1. The molecule has 1 aliphatic rings. The number of carbonyl (C=O) groups is 1. The first-order valence-electron chi connectivity index (χ1n) is 6.30. The van der Waals surface area contributed by atoms with Crippen LogP contribution in [0.3, 0.4) is 0 Å². The van der Waals surface area contributed by atoms with Gasteiger partial charge in [0, 0.05) is 18.8 Å². The molecule has 0 fully saturated rings. The highest BCUT2D eigenvalue weighted by Crippen LogP contribution is 2.27. The highest BCUT2D eigenvalue weighted by atomic mass is 16.5. The number of amides is 1. The number of para-hydroxylation sites is 1. The monoisotopic (exact) mass is 257 g/mol. The van der Waals surface area contributed by atoms with Gasteiger partial charge in [-0.25, -0.2) is 0 Å². The third-order valence-electron chi connectivity index (χ3n) is 3.11. The molecule has 5 nitrogen and oxygen atoms in total. The van der Waals surface area contributed by atoms with Crippen molar-refractivity contribution in [1.29, 1.82) is 0 Å². The molecule has 1 atom stereocenters. The highest BCUT2D eigenvalue weighted by Gasteiger charge is 2.22. The molecule has 5 heteroatoms. The average Bonchev–Trinajstić information content (AvgIpc) is 3.04. The molecule has 0 spiro atoms. The predicted molar refractivity (Wildman–Crippen MR) is 69.8 cm³/mol. The van der Waals surface area contributed by atoms with E-state index in [-0.39, 0.29) is 18.6 Å². The highest BCUT2D eigenvalue weighted by molar-refractivity contribution is 5.75. The SMILES string of the molecule is O=C(Cn1cccn1)NC[C@@H]1Cc2ccccc2O1. The van der Waals surface area contributed by atoms with Gasteiger partial charge < -0.3 is 10.1 Å². The van der Waals surface area contributed by atoms with E-state index in [2.05, 4.69) is 16.5 Å². The van der Waals surface area contributed by atoms with Crippen LogP contribution in [0.5, 0.6) is 5.75 Å². The van der Waals surface area contributed by atoms with Crippen LogP contribution >= 0.6 is 0 Å². The zero-order valence-corrected chi connectivity index (χ0v) is 10.5. The molecule has 0 unspecified atom stereocenters. The Kier molecular flexibility index (Phi) is 3.18. The molecule has 98 valence electrons. The number of ether oxygens (including phenoxy) is 1. The van der Waals surface area contributed by atoms with Gasteiger partial charge in [0.05, 0.1) is 6.54 Å². The van der Waals surface area contributed by atoms with Crippen molar-refractivity contribution in [2.45, 2.75) is 19.1 Å². The molecule has 2 heterocycles. The fourth-order valence-corrected chi connectivity index (χ4v) is 2.19. The summed E-state index contributed by atoms with van der Waals surface area (Å²) in [7, 11) is 0. The molecule has 3 rings (SSSR count). The molecule has 1 aliphatic heterocycles. The van der Waals surface area contributed by atoms with Gasteiger partial charge in [-0.2, -0.15) is 5.10 Å². The lowest BCUT2D eigenvalue weighted by Gasteiger charge is -2.11. The van der Waals surface area contributed by atoms with Gasteiger partial charge in [-0.1, -0.05) is 18.2 Å². The molecule has 0 saturated heterocycles. The van der Waals surface area contributed by atoms with Crippen LogP contribution in [-0.4, -0.2) is 28.3 Å². The number of hydrogen-bond donors (Lipinski definition) is 1. The minimum absolute atomic E-state index is 0.0268. The average molecular weight is 257 g/mol. The molecule has 1 aromatic carbocycles. The van der Waals surface area contributed by atoms with Crippen LogP contribution in [-0.2, 0) is 17.8 Å². The van der Waals surface area contributed by atoms with Crippen LogP contribution in [0, 0.1) is 0 Å². The van der Waals surface area contributed by atoms with Gasteiger partial charge in [-0.3, -0.25) is 9.48 Å². The first-order valence-corrected chi connectivity index (χ1v) is 6.30. The Hall–Kier alpha value is -2.30. The molecule has 2 aromatic rings. The van der Waals surface area contributed by atoms with Crippen LogP contribution in [0.25, 0.3) is 0 Å². The standard InChI is InChI=1S/C14H15N3O2/c18-14(10-17-7-3-6-16-17)15-9-12-8-11-4-1-2-5-13(11)19-12/h1-7,12H,8-10H2,(H,15,18)/t12-/m0/s1. The van der Waals surface area contributed by atoms with Crippen molar-refractivity contribution in [3.63, 3.8) is 0 Å². The zero-order chi connectivity index (χ0) is 13.1. The second-order valence-electron chi connectivity index (χ2n) is 4.56. The van der Waals surface area contributed by atoms with E-state index in [1.807, 2.05) is 18.2 Å². The first kappa shape index (κ1) is 11.8. The summed E-state index contributed by atoms with van der Waals surface area (Å²) in [5, 5.41) is 6.87. The van der Waals surface area contributed by atoms with Crippen molar-refractivity contribution in [3.05, 3.63) is 48.3 Å². The third-order valence-corrected chi connectivity index (χ3v) is 3.11. The summed E-state index contributed by atoms with van der Waals surface area (Å²) in [4.78, 5) is 11.7. The number of nitrogens with zero attached hydrogens (tertiary/aromatic N) is 2. The molecule has 1 aromatic heterocycles. The molecule has 0 bridgehead atoms. The number of benzene rings is 1. The fourth-order valence-electron chi connectivity index (χ4n) is 2.19. The van der Waals surface area contributed by atoms with Gasteiger partial charge in [-0.15, -0.1) is 0 Å². The van der Waals surface area contributed by atoms with E-state index in [1.165, 1.54) is 5.56 Å². The van der Waals surface area contributed by atoms with Crippen LogP contribution in [0.15, 0.2) is 42.7 Å². The summed E-state index contributed by atoms with van der Waals surface area (Å²) < 4.78 is 7.35. The van der Waals surface area contributed by atoms with E-state index in [0.29, 0.717) is 6.54 Å². The van der Waals surface area contributed by atoms with E-state index in [1.54, 1.807) is 23.1 Å². The largest absolute Gasteiger partial charge is 0.488 e. The lowest BCUT2D eigenvalue weighted by molar-refractivity contribution is -0.122. The van der Waals surface area contributed by atoms with Gasteiger partial charge in [0.1, 0.15) is 18.4 Å². The Morgan fingerprint density at radius 1 is 1.42 bits per heavy atom. The van der Waals surface area contributed by atoms with Crippen LogP contribution < -0.4 is 10.1 Å². The Labute approximate surface area is 111 Å². The van der Waals surface area contributed by atoms with Gasteiger partial charge >= 0.3 is 0 Å². The predicted octanol–water partition coefficient (Wildman–Crippen LogP) is 1.00. The molecular weight excluding hydrogens is 242 g/mol. The third kappa shape index (κ3) is 2.76. The Balaban J connectivity index is 1.48. The van der Waals surface area contributed by atoms with Crippen molar-refractivity contribution in [1.82, 2.24) is 15.1 Å². The summed E-state index contributed by atoms with van der Waals surface area (Å²) in [6.07, 6.45) is 4.29. The normalized spacial score (nSPS) is 16.7. The lowest BCUT2D eigenvalue weighted by Crippen LogP contribution is -2.36. The smallest absolute Gasteiger partial charge is 0.241 e. The Bertz CT molecular complexity index is 541. The van der Waals surface area contributed by atoms with Gasteiger partial charge in [-0.05, 0) is 17.7 Å². The van der Waals surface area contributed by atoms with E-state index in [9.17, 15) is 4.79 Å². The number of hydrogen-bond acceptors (Lipinski definition) is 3. The minimum atomic E-state index is -0.0525. The van der Waals surface area contributed by atoms with Crippen LogP contribution in [0.4, 0.5) is 0 Å². The van der Waals surface area contributed by atoms with Crippen molar-refractivity contribution in [2.24, 2.45) is 0 Å². The van der Waals surface area contributed by atoms with E-state index in [4.69, 9.17) is 4.74 Å². The fraction of sp³-hybridized carbons (Fsp3) is 0.286. The second kappa shape index (κ2) is 5.14. The Morgan fingerprint density at radius 3 is 3.11 bits per heavy atom. The number of rotatable bonds is 4. The second-order valence-corrected chi connectivity index (χ2v) is 4.56. The first-order chi connectivity index (χ1) is 9.31. The molecule has 19 heavy (non-hydrogen) atoms. The minimum Gasteiger partial charge on any atom is -0.488 e. The van der Waals surface area contributed by atoms with Gasteiger partial charge in [0.2, 0.25) is 5.91 Å². The van der Waals surface area contributed by atoms with Crippen molar-refractivity contribution >= 4 is 5.91 Å². The number of carbonyl (C=O) groups excluding carboxylic acids is 1. The summed E-state index contributed by atoms with van der Waals surface area (Å²) in [6.45, 7) is 0.765. The van der Waals surface area contributed by atoms with Crippen LogP contribution in [0.2, 0.25) is 0 Å².